The quantitative estimate of drug-likeness (QED) is 0.612. The normalized spacial score (nSPS) is 28.7. The van der Waals surface area contributed by atoms with E-state index in [4.69, 9.17) is 9.47 Å². The summed E-state index contributed by atoms with van der Waals surface area (Å²) in [5.74, 6) is -0.838. The van der Waals surface area contributed by atoms with Crippen molar-refractivity contribution >= 4 is 11.7 Å². The molecule has 0 radical (unpaired) electrons. The molecule has 5 nitrogen and oxygen atoms in total. The zero-order valence-electron chi connectivity index (χ0n) is 8.99. The second kappa shape index (κ2) is 3.57. The fraction of sp³-hybridized carbons (Fsp3) is 0.800. The lowest BCUT2D eigenvalue weighted by Crippen LogP contribution is -2.39. The predicted molar refractivity (Wildman–Crippen MR) is 51.1 cm³/mol. The largest absolute Gasteiger partial charge is 0.346 e. The summed E-state index contributed by atoms with van der Waals surface area (Å²) in [6, 6.07) is -0.388. The molecular weight excluding hydrogens is 198 g/mol. The molecule has 2 fully saturated rings. The summed E-state index contributed by atoms with van der Waals surface area (Å²) < 4.78 is 11.0. The van der Waals surface area contributed by atoms with E-state index in [0.29, 0.717) is 26.2 Å². The zero-order valence-corrected chi connectivity index (χ0v) is 8.99. The van der Waals surface area contributed by atoms with E-state index in [1.165, 1.54) is 18.7 Å². The maximum atomic E-state index is 11.4. The lowest BCUT2D eigenvalue weighted by molar-refractivity contribution is -0.151. The van der Waals surface area contributed by atoms with E-state index in [0.717, 1.165) is 0 Å². The van der Waals surface area contributed by atoms with Crippen LogP contribution in [0.2, 0.25) is 0 Å². The first-order valence-corrected chi connectivity index (χ1v) is 5.10. The highest BCUT2D eigenvalue weighted by molar-refractivity contribution is 5.87. The van der Waals surface area contributed by atoms with Gasteiger partial charge in [0.2, 0.25) is 5.91 Å². The molecule has 5 heteroatoms. The van der Waals surface area contributed by atoms with Crippen molar-refractivity contribution < 1.29 is 19.1 Å². The van der Waals surface area contributed by atoms with Crippen molar-refractivity contribution in [3.05, 3.63) is 0 Å². The van der Waals surface area contributed by atoms with Crippen LogP contribution >= 0.6 is 0 Å². The van der Waals surface area contributed by atoms with Crippen molar-refractivity contribution in [3.63, 3.8) is 0 Å². The van der Waals surface area contributed by atoms with Crippen LogP contribution in [0.3, 0.4) is 0 Å². The summed E-state index contributed by atoms with van der Waals surface area (Å²) in [7, 11) is 0. The Labute approximate surface area is 88.3 Å². The fourth-order valence-electron chi connectivity index (χ4n) is 2.24. The van der Waals surface area contributed by atoms with Gasteiger partial charge in [-0.25, -0.2) is 0 Å². The van der Waals surface area contributed by atoms with Gasteiger partial charge in [-0.3, -0.25) is 9.59 Å². The maximum Gasteiger partial charge on any atom is 0.220 e. The Morgan fingerprint density at radius 3 is 2.27 bits per heavy atom. The smallest absolute Gasteiger partial charge is 0.220 e. The molecule has 1 atom stereocenters. The molecule has 0 aromatic rings. The van der Waals surface area contributed by atoms with Crippen LogP contribution in [0.25, 0.3) is 0 Å². The third-order valence-corrected chi connectivity index (χ3v) is 2.98. The molecule has 84 valence electrons. The van der Waals surface area contributed by atoms with E-state index in [1.54, 1.807) is 0 Å². The molecule has 0 aromatic carbocycles. The molecule has 2 aliphatic heterocycles. The highest BCUT2D eigenvalue weighted by Gasteiger charge is 2.50. The summed E-state index contributed by atoms with van der Waals surface area (Å²) in [5.41, 5.74) is 0. The van der Waals surface area contributed by atoms with E-state index < -0.39 is 5.79 Å². The predicted octanol–water partition coefficient (Wildman–Crippen LogP) is -0.0607. The van der Waals surface area contributed by atoms with Crippen LogP contribution in [0.1, 0.15) is 20.3 Å². The number of rotatable bonds is 1. The Hall–Kier alpha value is -0.940. The van der Waals surface area contributed by atoms with Gasteiger partial charge in [0.05, 0.1) is 25.8 Å². The standard InChI is InChI=1S/C10H15NO4/c1-7(12)9-5-10(14-3-4-15-10)6-11(9)8(2)13/h9H,3-6H2,1-2H3. The summed E-state index contributed by atoms with van der Waals surface area (Å²) in [4.78, 5) is 24.3. The molecule has 0 bridgehead atoms. The minimum atomic E-state index is -0.720. The van der Waals surface area contributed by atoms with Crippen LogP contribution in [0, 0.1) is 0 Å². The Morgan fingerprint density at radius 2 is 1.87 bits per heavy atom. The van der Waals surface area contributed by atoms with Crippen molar-refractivity contribution in [1.29, 1.82) is 0 Å². The number of nitrogens with zero attached hydrogens (tertiary/aromatic N) is 1. The van der Waals surface area contributed by atoms with Crippen molar-refractivity contribution in [2.75, 3.05) is 19.8 Å². The van der Waals surface area contributed by atoms with Crippen LogP contribution < -0.4 is 0 Å². The monoisotopic (exact) mass is 213 g/mol. The lowest BCUT2D eigenvalue weighted by Gasteiger charge is -2.21. The molecule has 1 unspecified atom stereocenters. The van der Waals surface area contributed by atoms with E-state index >= 15 is 0 Å². The molecule has 0 N–H and O–H groups in total. The van der Waals surface area contributed by atoms with Gasteiger partial charge in [-0.15, -0.1) is 0 Å². The van der Waals surface area contributed by atoms with Gasteiger partial charge in [0, 0.05) is 13.3 Å². The number of hydrogen-bond donors (Lipinski definition) is 0. The fourth-order valence-corrected chi connectivity index (χ4v) is 2.24. The van der Waals surface area contributed by atoms with Crippen LogP contribution in [0.5, 0.6) is 0 Å². The van der Waals surface area contributed by atoms with Crippen LogP contribution in [0.15, 0.2) is 0 Å². The summed E-state index contributed by atoms with van der Waals surface area (Å²) in [5, 5.41) is 0. The Bertz CT molecular complexity index is 272. The highest BCUT2D eigenvalue weighted by Crippen LogP contribution is 2.34. The summed E-state index contributed by atoms with van der Waals surface area (Å²) in [6.07, 6.45) is 0.460. The van der Waals surface area contributed by atoms with Gasteiger partial charge < -0.3 is 14.4 Å². The Kier molecular flexibility index (Phi) is 2.52. The third kappa shape index (κ3) is 1.77. The summed E-state index contributed by atoms with van der Waals surface area (Å²) >= 11 is 0. The molecule has 1 spiro atoms. The minimum absolute atomic E-state index is 0.0128. The highest BCUT2D eigenvalue weighted by atomic mass is 16.7. The number of hydrogen-bond acceptors (Lipinski definition) is 4. The molecule has 15 heavy (non-hydrogen) atoms. The van der Waals surface area contributed by atoms with Crippen molar-refractivity contribution in [2.45, 2.75) is 32.1 Å². The molecular formula is C10H15NO4. The van der Waals surface area contributed by atoms with Crippen LogP contribution in [0.4, 0.5) is 0 Å². The topological polar surface area (TPSA) is 55.8 Å². The Morgan fingerprint density at radius 1 is 1.27 bits per heavy atom. The van der Waals surface area contributed by atoms with Crippen molar-refractivity contribution in [1.82, 2.24) is 4.90 Å². The van der Waals surface area contributed by atoms with Crippen molar-refractivity contribution in [2.24, 2.45) is 0 Å². The minimum Gasteiger partial charge on any atom is -0.346 e. The number of carbonyl (C=O) groups is 2. The number of ether oxygens (including phenoxy) is 2. The molecule has 1 amide bonds. The molecule has 2 heterocycles. The lowest BCUT2D eigenvalue weighted by atomic mass is 10.1. The van der Waals surface area contributed by atoms with E-state index in [9.17, 15) is 9.59 Å². The average Bonchev–Trinajstić information content (AvgIpc) is 2.74. The van der Waals surface area contributed by atoms with E-state index in [2.05, 4.69) is 0 Å². The van der Waals surface area contributed by atoms with Gasteiger partial charge in [0.1, 0.15) is 0 Å². The van der Waals surface area contributed by atoms with E-state index in [-0.39, 0.29) is 17.7 Å². The first-order valence-electron chi connectivity index (χ1n) is 5.10. The molecule has 0 aromatic heterocycles. The van der Waals surface area contributed by atoms with Gasteiger partial charge in [-0.1, -0.05) is 0 Å². The van der Waals surface area contributed by atoms with Crippen LogP contribution in [-0.2, 0) is 19.1 Å². The van der Waals surface area contributed by atoms with Gasteiger partial charge in [-0.05, 0) is 6.92 Å². The number of likely N-dealkylation sites (tertiary alicyclic amines) is 1. The summed E-state index contributed by atoms with van der Waals surface area (Å²) in [6.45, 7) is 4.40. The second-order valence-corrected chi connectivity index (χ2v) is 4.09. The first kappa shape index (κ1) is 10.6. The molecule has 0 saturated carbocycles. The second-order valence-electron chi connectivity index (χ2n) is 4.09. The average molecular weight is 213 g/mol. The first-order chi connectivity index (χ1) is 7.04. The number of Topliss-reactive ketones (excluding diaryl/α,β-unsaturated/α-hetero) is 1. The van der Waals surface area contributed by atoms with Crippen molar-refractivity contribution in [3.8, 4) is 0 Å². The van der Waals surface area contributed by atoms with E-state index in [1.807, 2.05) is 0 Å². The van der Waals surface area contributed by atoms with Gasteiger partial charge in [0.25, 0.3) is 0 Å². The molecule has 2 saturated heterocycles. The molecule has 2 rings (SSSR count). The third-order valence-electron chi connectivity index (χ3n) is 2.98. The number of amides is 1. The molecule has 2 aliphatic rings. The van der Waals surface area contributed by atoms with Gasteiger partial charge >= 0.3 is 0 Å². The van der Waals surface area contributed by atoms with Gasteiger partial charge in [-0.2, -0.15) is 0 Å². The zero-order chi connectivity index (χ0) is 11.1. The number of ketones is 1. The number of carbonyl (C=O) groups excluding carboxylic acids is 2. The maximum absolute atomic E-state index is 11.4. The van der Waals surface area contributed by atoms with Crippen LogP contribution in [-0.4, -0.2) is 48.2 Å². The Balaban J connectivity index is 2.18. The SMILES string of the molecule is CC(=O)C1CC2(CN1C(C)=O)OCCO2. The van der Waals surface area contributed by atoms with Gasteiger partial charge in [0.15, 0.2) is 11.6 Å². The molecule has 0 aliphatic carbocycles.